The number of likely N-dealkylation sites (tertiary alicyclic amines) is 1. The largest absolute Gasteiger partial charge is 0.372 e. The molecule has 0 bridgehead atoms. The predicted molar refractivity (Wildman–Crippen MR) is 74.4 cm³/mol. The second-order valence-electron chi connectivity index (χ2n) is 5.50. The molecule has 1 aliphatic rings. The number of nitrogens with zero attached hydrogens (tertiary/aromatic N) is 3. The Morgan fingerprint density at radius 2 is 2.00 bits per heavy atom. The quantitative estimate of drug-likeness (QED) is 0.888. The Kier molecular flexibility index (Phi) is 4.53. The molecule has 0 radical (unpaired) electrons. The number of rotatable bonds is 4. The maximum atomic E-state index is 4.43. The van der Waals surface area contributed by atoms with Gasteiger partial charge in [-0.15, -0.1) is 0 Å². The van der Waals surface area contributed by atoms with E-state index >= 15 is 0 Å². The van der Waals surface area contributed by atoms with Crippen LogP contribution in [-0.4, -0.2) is 35.0 Å². The fourth-order valence-electron chi connectivity index (χ4n) is 2.57. The highest BCUT2D eigenvalue weighted by molar-refractivity contribution is 5.29. The van der Waals surface area contributed by atoms with Crippen molar-refractivity contribution in [3.05, 3.63) is 18.1 Å². The van der Waals surface area contributed by atoms with Crippen molar-refractivity contribution < 1.29 is 0 Å². The van der Waals surface area contributed by atoms with Crippen LogP contribution < -0.4 is 5.32 Å². The maximum Gasteiger partial charge on any atom is 0.144 e. The minimum absolute atomic E-state index is 0.821. The van der Waals surface area contributed by atoms with Gasteiger partial charge in [0.15, 0.2) is 0 Å². The van der Waals surface area contributed by atoms with Crippen molar-refractivity contribution in [3.8, 4) is 0 Å². The molecule has 2 heterocycles. The van der Waals surface area contributed by atoms with Gasteiger partial charge in [0.25, 0.3) is 0 Å². The van der Waals surface area contributed by atoms with E-state index in [4.69, 9.17) is 0 Å². The summed E-state index contributed by atoms with van der Waals surface area (Å²) in [5.74, 6) is 2.55. The van der Waals surface area contributed by atoms with Crippen LogP contribution in [0.15, 0.2) is 12.4 Å². The first-order chi connectivity index (χ1) is 8.69. The average molecular weight is 248 g/mol. The molecule has 0 saturated carbocycles. The Bertz CT molecular complexity index is 353. The van der Waals surface area contributed by atoms with Crippen LogP contribution in [0.1, 0.15) is 32.4 Å². The first-order valence-electron chi connectivity index (χ1n) is 6.90. The molecule has 0 amide bonds. The van der Waals surface area contributed by atoms with E-state index in [0.717, 1.165) is 29.9 Å². The lowest BCUT2D eigenvalue weighted by Crippen LogP contribution is -2.35. The first kappa shape index (κ1) is 13.3. The van der Waals surface area contributed by atoms with E-state index in [1.165, 1.54) is 25.9 Å². The minimum atomic E-state index is 0.821. The van der Waals surface area contributed by atoms with Gasteiger partial charge in [0.05, 0.1) is 18.1 Å². The van der Waals surface area contributed by atoms with Crippen molar-refractivity contribution in [1.82, 2.24) is 14.9 Å². The van der Waals surface area contributed by atoms with Crippen molar-refractivity contribution >= 4 is 5.82 Å². The van der Waals surface area contributed by atoms with Crippen LogP contribution in [0.2, 0.25) is 0 Å². The average Bonchev–Trinajstić information content (AvgIpc) is 2.40. The summed E-state index contributed by atoms with van der Waals surface area (Å²) in [6, 6.07) is 0. The lowest BCUT2D eigenvalue weighted by molar-refractivity contribution is 0.150. The molecule has 1 aromatic heterocycles. The Labute approximate surface area is 110 Å². The molecule has 2 rings (SSSR count). The fraction of sp³-hybridized carbons (Fsp3) is 0.714. The van der Waals surface area contributed by atoms with Crippen molar-refractivity contribution in [2.45, 2.75) is 33.2 Å². The van der Waals surface area contributed by atoms with Crippen LogP contribution in [0.5, 0.6) is 0 Å². The van der Waals surface area contributed by atoms with E-state index in [9.17, 15) is 0 Å². The van der Waals surface area contributed by atoms with Crippen LogP contribution in [0.4, 0.5) is 5.82 Å². The van der Waals surface area contributed by atoms with Gasteiger partial charge in [-0.05, 0) is 37.8 Å². The van der Waals surface area contributed by atoms with Crippen LogP contribution >= 0.6 is 0 Å². The molecule has 0 aliphatic carbocycles. The predicted octanol–water partition coefficient (Wildman–Crippen LogP) is 2.39. The van der Waals surface area contributed by atoms with Gasteiger partial charge in [0.1, 0.15) is 5.82 Å². The number of nitrogens with one attached hydrogen (secondary N) is 1. The van der Waals surface area contributed by atoms with Crippen LogP contribution in [0.3, 0.4) is 0 Å². The standard InChI is InChI=1S/C14H24N4/c1-11(2)12-4-6-18(7-5-12)10-13-8-17-14(15-3)9-16-13/h8-9,11-12H,4-7,10H2,1-3H3,(H,15,17). The molecule has 1 aromatic rings. The number of hydrogen-bond donors (Lipinski definition) is 1. The number of piperidine rings is 1. The molecule has 4 heteroatoms. The Morgan fingerprint density at radius 1 is 1.28 bits per heavy atom. The van der Waals surface area contributed by atoms with Gasteiger partial charge < -0.3 is 5.32 Å². The molecule has 100 valence electrons. The van der Waals surface area contributed by atoms with Gasteiger partial charge in [-0.1, -0.05) is 13.8 Å². The highest BCUT2D eigenvalue weighted by Crippen LogP contribution is 2.24. The number of aromatic nitrogens is 2. The summed E-state index contributed by atoms with van der Waals surface area (Å²) in [7, 11) is 1.86. The Morgan fingerprint density at radius 3 is 2.50 bits per heavy atom. The second kappa shape index (κ2) is 6.14. The molecule has 0 atom stereocenters. The third kappa shape index (κ3) is 3.42. The summed E-state index contributed by atoms with van der Waals surface area (Å²) in [6.45, 7) is 7.99. The summed E-state index contributed by atoms with van der Waals surface area (Å²) < 4.78 is 0. The van der Waals surface area contributed by atoms with Crippen molar-refractivity contribution in [2.75, 3.05) is 25.5 Å². The maximum absolute atomic E-state index is 4.43. The first-order valence-corrected chi connectivity index (χ1v) is 6.90. The summed E-state index contributed by atoms with van der Waals surface area (Å²) in [6.07, 6.45) is 6.32. The van der Waals surface area contributed by atoms with Crippen molar-refractivity contribution in [2.24, 2.45) is 11.8 Å². The van der Waals surface area contributed by atoms with Crippen LogP contribution in [-0.2, 0) is 6.54 Å². The zero-order valence-corrected chi connectivity index (χ0v) is 11.7. The van der Waals surface area contributed by atoms with Gasteiger partial charge in [0.2, 0.25) is 0 Å². The minimum Gasteiger partial charge on any atom is -0.372 e. The molecule has 0 aromatic carbocycles. The van der Waals surface area contributed by atoms with Crippen LogP contribution in [0.25, 0.3) is 0 Å². The molecular formula is C14H24N4. The monoisotopic (exact) mass is 248 g/mol. The Balaban J connectivity index is 1.83. The van der Waals surface area contributed by atoms with Crippen molar-refractivity contribution in [1.29, 1.82) is 0 Å². The molecule has 1 N–H and O–H groups in total. The van der Waals surface area contributed by atoms with Crippen molar-refractivity contribution in [3.63, 3.8) is 0 Å². The smallest absolute Gasteiger partial charge is 0.144 e. The van der Waals surface area contributed by atoms with E-state index in [0.29, 0.717) is 0 Å². The van der Waals surface area contributed by atoms with E-state index in [1.807, 2.05) is 13.2 Å². The number of anilines is 1. The SMILES string of the molecule is CNc1cnc(CN2CCC(C(C)C)CC2)cn1. The third-order valence-corrected chi connectivity index (χ3v) is 3.92. The third-order valence-electron chi connectivity index (χ3n) is 3.92. The molecule has 1 fully saturated rings. The highest BCUT2D eigenvalue weighted by Gasteiger charge is 2.21. The summed E-state index contributed by atoms with van der Waals surface area (Å²) in [5.41, 5.74) is 1.07. The topological polar surface area (TPSA) is 41.1 Å². The van der Waals surface area contributed by atoms with Gasteiger partial charge >= 0.3 is 0 Å². The molecular weight excluding hydrogens is 224 g/mol. The molecule has 18 heavy (non-hydrogen) atoms. The lowest BCUT2D eigenvalue weighted by Gasteiger charge is -2.33. The molecule has 1 aliphatic heterocycles. The molecule has 0 unspecified atom stereocenters. The highest BCUT2D eigenvalue weighted by atomic mass is 15.1. The summed E-state index contributed by atoms with van der Waals surface area (Å²) in [4.78, 5) is 11.2. The van der Waals surface area contributed by atoms with E-state index < -0.39 is 0 Å². The molecule has 0 spiro atoms. The van der Waals surface area contributed by atoms with Crippen LogP contribution in [0, 0.1) is 11.8 Å². The molecule has 4 nitrogen and oxygen atoms in total. The lowest BCUT2D eigenvalue weighted by atomic mass is 9.87. The second-order valence-corrected chi connectivity index (χ2v) is 5.50. The summed E-state index contributed by atoms with van der Waals surface area (Å²) in [5, 5.41) is 2.99. The zero-order chi connectivity index (χ0) is 13.0. The number of hydrogen-bond acceptors (Lipinski definition) is 4. The van der Waals surface area contributed by atoms with Gasteiger partial charge in [-0.3, -0.25) is 9.88 Å². The van der Waals surface area contributed by atoms with Gasteiger partial charge in [-0.2, -0.15) is 0 Å². The van der Waals surface area contributed by atoms with Gasteiger partial charge in [0, 0.05) is 13.6 Å². The zero-order valence-electron chi connectivity index (χ0n) is 11.7. The van der Waals surface area contributed by atoms with Gasteiger partial charge in [-0.25, -0.2) is 4.98 Å². The van der Waals surface area contributed by atoms with E-state index in [-0.39, 0.29) is 0 Å². The summed E-state index contributed by atoms with van der Waals surface area (Å²) >= 11 is 0. The Hall–Kier alpha value is -1.16. The van der Waals surface area contributed by atoms with E-state index in [2.05, 4.69) is 34.0 Å². The van der Waals surface area contributed by atoms with E-state index in [1.54, 1.807) is 6.20 Å². The molecule has 1 saturated heterocycles. The normalized spacial score (nSPS) is 18.2. The fourth-order valence-corrected chi connectivity index (χ4v) is 2.57.